The first-order chi connectivity index (χ1) is 10.2. The van der Waals surface area contributed by atoms with E-state index in [0.717, 1.165) is 17.9 Å². The van der Waals surface area contributed by atoms with Gasteiger partial charge >= 0.3 is 5.00 Å². The minimum Gasteiger partial charge on any atom is -0.351 e. The number of hydrogen-bond donors (Lipinski definition) is 2. The summed E-state index contributed by atoms with van der Waals surface area (Å²) in [6.45, 7) is 1.28. The van der Waals surface area contributed by atoms with Gasteiger partial charge in [0.1, 0.15) is 0 Å². The number of amides is 1. The lowest BCUT2D eigenvalue weighted by Gasteiger charge is -2.16. The number of carbonyl (C=O) groups excluding carboxylic acids is 1. The molecule has 0 aliphatic heterocycles. The van der Waals surface area contributed by atoms with E-state index >= 15 is 0 Å². The van der Waals surface area contributed by atoms with Crippen molar-refractivity contribution >= 4 is 22.2 Å². The second-order valence-electron chi connectivity index (χ2n) is 5.33. The number of rotatable bonds is 6. The molecule has 1 aromatic heterocycles. The van der Waals surface area contributed by atoms with Crippen molar-refractivity contribution in [1.82, 2.24) is 10.6 Å². The molecule has 1 amide bonds. The minimum atomic E-state index is -0.477. The van der Waals surface area contributed by atoms with Gasteiger partial charge in [0.25, 0.3) is 5.91 Å². The first kappa shape index (κ1) is 15.9. The Kier molecular flexibility index (Phi) is 6.13. The fraction of sp³-hybridized carbons (Fsp3) is 0.643. The third-order valence-electron chi connectivity index (χ3n) is 3.73. The molecular weight excluding hydrogens is 290 g/mol. The maximum absolute atomic E-state index is 11.8. The molecule has 6 nitrogen and oxygen atoms in total. The largest absolute Gasteiger partial charge is 0.351 e. The lowest BCUT2D eigenvalue weighted by atomic mass is 10.1. The number of nitrogens with one attached hydrogen (secondary N) is 2. The van der Waals surface area contributed by atoms with Crippen molar-refractivity contribution in [3.05, 3.63) is 27.1 Å². The zero-order valence-electron chi connectivity index (χ0n) is 12.0. The average Bonchev–Trinajstić information content (AvgIpc) is 2.82. The van der Waals surface area contributed by atoms with Gasteiger partial charge in [-0.15, -0.1) is 0 Å². The molecule has 1 aromatic rings. The summed E-state index contributed by atoms with van der Waals surface area (Å²) >= 11 is 0.975. The predicted molar refractivity (Wildman–Crippen MR) is 82.8 cm³/mol. The Morgan fingerprint density at radius 3 is 2.62 bits per heavy atom. The van der Waals surface area contributed by atoms with E-state index in [4.69, 9.17) is 0 Å². The Bertz CT molecular complexity index is 482. The molecule has 1 heterocycles. The summed E-state index contributed by atoms with van der Waals surface area (Å²) in [7, 11) is 0. The molecule has 0 spiro atoms. The van der Waals surface area contributed by atoms with Crippen LogP contribution in [0.5, 0.6) is 0 Å². The van der Waals surface area contributed by atoms with Crippen molar-refractivity contribution < 1.29 is 9.72 Å². The van der Waals surface area contributed by atoms with Crippen molar-refractivity contribution in [3.63, 3.8) is 0 Å². The van der Waals surface area contributed by atoms with Gasteiger partial charge in [-0.3, -0.25) is 14.9 Å². The topological polar surface area (TPSA) is 84.3 Å². The maximum atomic E-state index is 11.8. The van der Waals surface area contributed by atoms with Crippen molar-refractivity contribution in [2.45, 2.75) is 44.6 Å². The Morgan fingerprint density at radius 1 is 1.29 bits per heavy atom. The van der Waals surface area contributed by atoms with E-state index in [9.17, 15) is 14.9 Å². The number of nitrogens with zero attached hydrogens (tertiary/aromatic N) is 1. The van der Waals surface area contributed by atoms with E-state index in [0.29, 0.717) is 18.2 Å². The van der Waals surface area contributed by atoms with Crippen LogP contribution in [0, 0.1) is 10.1 Å². The van der Waals surface area contributed by atoms with Gasteiger partial charge in [-0.25, -0.2) is 0 Å². The first-order valence-electron chi connectivity index (χ1n) is 7.41. The highest BCUT2D eigenvalue weighted by Crippen LogP contribution is 2.22. The number of nitro groups is 1. The summed E-state index contributed by atoms with van der Waals surface area (Å²) in [4.78, 5) is 21.9. The van der Waals surface area contributed by atoms with Gasteiger partial charge in [0.05, 0.1) is 10.5 Å². The molecule has 1 fully saturated rings. The van der Waals surface area contributed by atoms with Crippen molar-refractivity contribution in [3.8, 4) is 0 Å². The lowest BCUT2D eigenvalue weighted by Crippen LogP contribution is -2.36. The number of hydrogen-bond acceptors (Lipinski definition) is 5. The van der Waals surface area contributed by atoms with Crippen LogP contribution in [0.25, 0.3) is 0 Å². The summed E-state index contributed by atoms with van der Waals surface area (Å²) in [5, 5.41) is 18.4. The van der Waals surface area contributed by atoms with Crippen LogP contribution in [0.4, 0.5) is 5.00 Å². The highest BCUT2D eigenvalue weighted by molar-refractivity contribution is 7.13. The Hall–Kier alpha value is -1.47. The van der Waals surface area contributed by atoms with Crippen LogP contribution >= 0.6 is 11.3 Å². The normalized spacial score (nSPS) is 16.4. The second kappa shape index (κ2) is 8.09. The van der Waals surface area contributed by atoms with Gasteiger partial charge < -0.3 is 10.6 Å². The summed E-state index contributed by atoms with van der Waals surface area (Å²) in [5.74, 6) is -0.248. The zero-order valence-corrected chi connectivity index (χ0v) is 12.8. The molecule has 1 aliphatic carbocycles. The Morgan fingerprint density at radius 2 is 2.00 bits per heavy atom. The van der Waals surface area contributed by atoms with E-state index in [-0.39, 0.29) is 10.9 Å². The number of thiophene rings is 1. The van der Waals surface area contributed by atoms with E-state index in [2.05, 4.69) is 10.6 Å². The summed E-state index contributed by atoms with van der Waals surface area (Å²) in [6, 6.07) is 1.88. The van der Waals surface area contributed by atoms with Crippen molar-refractivity contribution in [2.75, 3.05) is 13.1 Å². The Balaban J connectivity index is 1.67. The lowest BCUT2D eigenvalue weighted by molar-refractivity contribution is -0.380. The molecule has 2 N–H and O–H groups in total. The monoisotopic (exact) mass is 311 g/mol. The highest BCUT2D eigenvalue weighted by Gasteiger charge is 2.15. The van der Waals surface area contributed by atoms with Gasteiger partial charge in [-0.05, 0) is 12.8 Å². The van der Waals surface area contributed by atoms with E-state index in [1.165, 1.54) is 50.0 Å². The van der Waals surface area contributed by atoms with Crippen LogP contribution in [0.2, 0.25) is 0 Å². The van der Waals surface area contributed by atoms with E-state index in [1.807, 2.05) is 0 Å². The average molecular weight is 311 g/mol. The molecular formula is C14H21N3O3S. The van der Waals surface area contributed by atoms with Crippen molar-refractivity contribution in [1.29, 1.82) is 0 Å². The molecule has 0 unspecified atom stereocenters. The quantitative estimate of drug-likeness (QED) is 0.366. The van der Waals surface area contributed by atoms with Crippen LogP contribution in [-0.2, 0) is 0 Å². The number of carbonyl (C=O) groups is 1. The van der Waals surface area contributed by atoms with E-state index in [1.54, 1.807) is 0 Å². The van der Waals surface area contributed by atoms with Gasteiger partial charge in [0.15, 0.2) is 0 Å². The zero-order chi connectivity index (χ0) is 15.1. The van der Waals surface area contributed by atoms with Crippen LogP contribution in [-0.4, -0.2) is 30.0 Å². The highest BCUT2D eigenvalue weighted by atomic mass is 32.1. The third-order valence-corrected chi connectivity index (χ3v) is 4.61. The second-order valence-corrected chi connectivity index (χ2v) is 6.22. The molecule has 1 aliphatic rings. The smallest absolute Gasteiger partial charge is 0.324 e. The van der Waals surface area contributed by atoms with Gasteiger partial charge in [-0.2, -0.15) is 0 Å². The molecule has 0 atom stereocenters. The van der Waals surface area contributed by atoms with Crippen LogP contribution in [0.1, 0.15) is 48.9 Å². The fourth-order valence-electron chi connectivity index (χ4n) is 2.58. The molecule has 1 saturated carbocycles. The molecule has 21 heavy (non-hydrogen) atoms. The molecule has 116 valence electrons. The Labute approximate surface area is 128 Å². The van der Waals surface area contributed by atoms with Gasteiger partial charge in [0.2, 0.25) is 0 Å². The minimum absolute atomic E-state index is 0.00303. The molecule has 2 rings (SSSR count). The molecule has 0 saturated heterocycles. The standard InChI is InChI=1S/C14H21N3O3S/c18-14(11-9-13(17(19)20)21-10-11)16-8-7-15-12-5-3-1-2-4-6-12/h9-10,12,15H,1-8H2,(H,16,18). The molecule has 7 heteroatoms. The molecule has 0 aromatic carbocycles. The maximum Gasteiger partial charge on any atom is 0.324 e. The van der Waals surface area contributed by atoms with Gasteiger partial charge in [0, 0.05) is 30.6 Å². The first-order valence-corrected chi connectivity index (χ1v) is 8.29. The predicted octanol–water partition coefficient (Wildman–Crippen LogP) is 2.70. The molecule has 0 radical (unpaired) electrons. The van der Waals surface area contributed by atoms with Crippen LogP contribution in [0.3, 0.4) is 0 Å². The third kappa shape index (κ3) is 5.09. The fourth-order valence-corrected chi connectivity index (χ4v) is 3.28. The van der Waals surface area contributed by atoms with Crippen molar-refractivity contribution in [2.24, 2.45) is 0 Å². The summed E-state index contributed by atoms with van der Waals surface area (Å²) in [5.41, 5.74) is 0.362. The van der Waals surface area contributed by atoms with Crippen LogP contribution < -0.4 is 10.6 Å². The van der Waals surface area contributed by atoms with Gasteiger partial charge in [-0.1, -0.05) is 37.0 Å². The summed E-state index contributed by atoms with van der Waals surface area (Å²) in [6.07, 6.45) is 7.64. The van der Waals surface area contributed by atoms with Crippen LogP contribution in [0.15, 0.2) is 11.4 Å². The SMILES string of the molecule is O=C(NCCNC1CCCCCC1)c1csc([N+](=O)[O-])c1. The molecule has 0 bridgehead atoms. The van der Waals surface area contributed by atoms with E-state index < -0.39 is 4.92 Å². The summed E-state index contributed by atoms with van der Waals surface area (Å²) < 4.78 is 0.